The van der Waals surface area contributed by atoms with E-state index in [2.05, 4.69) is 21.2 Å². The Morgan fingerprint density at radius 2 is 2.08 bits per heavy atom. The number of hydrogen-bond acceptors (Lipinski definition) is 1. The second-order valence-electron chi connectivity index (χ2n) is 2.28. The van der Waals surface area contributed by atoms with E-state index in [0.29, 0.717) is 20.2 Å². The summed E-state index contributed by atoms with van der Waals surface area (Å²) in [5.41, 5.74) is 5.70. The zero-order chi connectivity index (χ0) is 10.0. The number of hydrogen-bond donors (Lipinski definition) is 3. The highest BCUT2D eigenvalue weighted by atomic mass is 79.9. The Labute approximate surface area is 93.8 Å². The molecule has 1 rings (SSSR count). The number of nitrogens with two attached hydrogens (primary N) is 1. The van der Waals surface area contributed by atoms with Gasteiger partial charge in [0, 0.05) is 9.50 Å². The van der Waals surface area contributed by atoms with Crippen LogP contribution < -0.4 is 11.1 Å². The van der Waals surface area contributed by atoms with Gasteiger partial charge in [-0.3, -0.25) is 5.41 Å². The fraction of sp³-hybridized carbons (Fsp3) is 0. The Hall–Kier alpha value is -0.450. The van der Waals surface area contributed by atoms with Gasteiger partial charge >= 0.3 is 0 Å². The Morgan fingerprint density at radius 3 is 2.54 bits per heavy atom. The van der Waals surface area contributed by atoms with Crippen molar-refractivity contribution in [2.75, 3.05) is 5.32 Å². The van der Waals surface area contributed by atoms with E-state index in [9.17, 15) is 0 Å². The lowest BCUT2D eigenvalue weighted by Gasteiger charge is -2.08. The molecule has 0 amide bonds. The summed E-state index contributed by atoms with van der Waals surface area (Å²) in [5.74, 6) is -0.176. The third kappa shape index (κ3) is 2.76. The van der Waals surface area contributed by atoms with Gasteiger partial charge in [0.2, 0.25) is 0 Å². The van der Waals surface area contributed by atoms with Gasteiger partial charge in [-0.15, -0.1) is 0 Å². The summed E-state index contributed by atoms with van der Waals surface area (Å²) < 4.78 is 0.667. The maximum absolute atomic E-state index is 7.03. The van der Waals surface area contributed by atoms with Gasteiger partial charge in [-0.05, 0) is 28.1 Å². The molecule has 4 N–H and O–H groups in total. The van der Waals surface area contributed by atoms with Crippen molar-refractivity contribution in [2.24, 2.45) is 5.73 Å². The van der Waals surface area contributed by atoms with Crippen molar-refractivity contribution in [1.82, 2.24) is 0 Å². The summed E-state index contributed by atoms with van der Waals surface area (Å²) in [5, 5.41) is 10.6. The largest absolute Gasteiger partial charge is 0.370 e. The second kappa shape index (κ2) is 4.17. The molecule has 0 unspecified atom stereocenters. The minimum absolute atomic E-state index is 0.176. The van der Waals surface area contributed by atoms with Gasteiger partial charge in [-0.25, -0.2) is 0 Å². The molecule has 0 atom stereocenters. The molecule has 0 spiro atoms. The average Bonchev–Trinajstić information content (AvgIpc) is 1.96. The monoisotopic (exact) mass is 281 g/mol. The van der Waals surface area contributed by atoms with Gasteiger partial charge in [-0.1, -0.05) is 23.2 Å². The summed E-state index contributed by atoms with van der Waals surface area (Å²) >= 11 is 14.8. The van der Waals surface area contributed by atoms with E-state index in [1.54, 1.807) is 12.1 Å². The van der Waals surface area contributed by atoms with Gasteiger partial charge in [0.25, 0.3) is 0 Å². The second-order valence-corrected chi connectivity index (χ2v) is 3.98. The van der Waals surface area contributed by atoms with Crippen LogP contribution in [0.1, 0.15) is 0 Å². The molecule has 0 fully saturated rings. The zero-order valence-corrected chi connectivity index (χ0v) is 9.46. The van der Waals surface area contributed by atoms with Crippen LogP contribution in [0.5, 0.6) is 0 Å². The summed E-state index contributed by atoms with van der Waals surface area (Å²) in [6.07, 6.45) is 0. The van der Waals surface area contributed by atoms with Crippen LogP contribution in [0, 0.1) is 5.41 Å². The Morgan fingerprint density at radius 1 is 1.46 bits per heavy atom. The number of benzene rings is 1. The molecule has 0 aliphatic heterocycles. The lowest BCUT2D eigenvalue weighted by Crippen LogP contribution is -2.20. The Balaban J connectivity index is 3.13. The smallest absolute Gasteiger partial charge is 0.190 e. The minimum Gasteiger partial charge on any atom is -0.370 e. The van der Waals surface area contributed by atoms with Crippen LogP contribution in [0.3, 0.4) is 0 Å². The van der Waals surface area contributed by atoms with Crippen LogP contribution >= 0.6 is 39.1 Å². The molecule has 0 saturated carbocycles. The average molecular weight is 283 g/mol. The summed E-state index contributed by atoms with van der Waals surface area (Å²) in [6, 6.07) is 3.23. The van der Waals surface area contributed by atoms with Crippen LogP contribution in [0.4, 0.5) is 5.69 Å². The van der Waals surface area contributed by atoms with E-state index < -0.39 is 0 Å². The topological polar surface area (TPSA) is 61.9 Å². The first kappa shape index (κ1) is 10.6. The van der Waals surface area contributed by atoms with Crippen molar-refractivity contribution in [1.29, 1.82) is 5.41 Å². The SMILES string of the molecule is N=C(N)Nc1c(Cl)cc(Cl)cc1Br. The molecule has 0 bridgehead atoms. The summed E-state index contributed by atoms with van der Waals surface area (Å²) in [7, 11) is 0. The van der Waals surface area contributed by atoms with Crippen molar-refractivity contribution in [2.45, 2.75) is 0 Å². The molecular weight excluding hydrogens is 277 g/mol. The normalized spacial score (nSPS) is 9.77. The molecule has 0 aliphatic rings. The highest BCUT2D eigenvalue weighted by Gasteiger charge is 2.07. The van der Waals surface area contributed by atoms with Crippen LogP contribution in [0.25, 0.3) is 0 Å². The fourth-order valence-corrected chi connectivity index (χ4v) is 2.14. The number of rotatable bonds is 1. The van der Waals surface area contributed by atoms with Crippen LogP contribution in [0.2, 0.25) is 10.0 Å². The first-order chi connectivity index (χ1) is 6.00. The summed E-state index contributed by atoms with van der Waals surface area (Å²) in [4.78, 5) is 0. The molecule has 0 saturated heterocycles. The highest BCUT2D eigenvalue weighted by Crippen LogP contribution is 2.33. The van der Waals surface area contributed by atoms with Crippen LogP contribution in [-0.2, 0) is 0 Å². The summed E-state index contributed by atoms with van der Waals surface area (Å²) in [6.45, 7) is 0. The van der Waals surface area contributed by atoms with Gasteiger partial charge in [0.05, 0.1) is 10.7 Å². The van der Waals surface area contributed by atoms with E-state index in [4.69, 9.17) is 34.3 Å². The van der Waals surface area contributed by atoms with Crippen molar-refractivity contribution in [3.8, 4) is 0 Å². The maximum atomic E-state index is 7.03. The van der Waals surface area contributed by atoms with E-state index in [1.165, 1.54) is 0 Å². The number of nitrogens with one attached hydrogen (secondary N) is 2. The van der Waals surface area contributed by atoms with Crippen molar-refractivity contribution in [3.63, 3.8) is 0 Å². The molecule has 1 aromatic rings. The van der Waals surface area contributed by atoms with E-state index in [-0.39, 0.29) is 5.96 Å². The lowest BCUT2D eigenvalue weighted by atomic mass is 10.3. The van der Waals surface area contributed by atoms with Crippen molar-refractivity contribution < 1.29 is 0 Å². The molecule has 0 aliphatic carbocycles. The fourth-order valence-electron chi connectivity index (χ4n) is 0.796. The van der Waals surface area contributed by atoms with Crippen LogP contribution in [-0.4, -0.2) is 5.96 Å². The van der Waals surface area contributed by atoms with Crippen molar-refractivity contribution in [3.05, 3.63) is 26.7 Å². The molecule has 13 heavy (non-hydrogen) atoms. The Kier molecular flexibility index (Phi) is 3.41. The maximum Gasteiger partial charge on any atom is 0.190 e. The zero-order valence-electron chi connectivity index (χ0n) is 6.37. The van der Waals surface area contributed by atoms with Crippen molar-refractivity contribution >= 4 is 50.8 Å². The predicted molar refractivity (Wildman–Crippen MR) is 59.7 cm³/mol. The first-order valence-electron chi connectivity index (χ1n) is 3.26. The third-order valence-electron chi connectivity index (χ3n) is 1.27. The number of halogens is 3. The molecule has 0 radical (unpaired) electrons. The predicted octanol–water partition coefficient (Wildman–Crippen LogP) is 3.06. The van der Waals surface area contributed by atoms with Gasteiger partial charge < -0.3 is 11.1 Å². The third-order valence-corrected chi connectivity index (χ3v) is 2.41. The van der Waals surface area contributed by atoms with Gasteiger partial charge in [-0.2, -0.15) is 0 Å². The number of anilines is 1. The lowest BCUT2D eigenvalue weighted by molar-refractivity contribution is 1.40. The molecule has 6 heteroatoms. The first-order valence-corrected chi connectivity index (χ1v) is 4.81. The molecule has 0 aromatic heterocycles. The standard InChI is InChI=1S/C7H6BrCl2N3/c8-4-1-3(9)2-5(10)6(4)13-7(11)12/h1-2H,(H4,11,12,13). The van der Waals surface area contributed by atoms with E-state index in [1.807, 2.05) is 0 Å². The minimum atomic E-state index is -0.176. The van der Waals surface area contributed by atoms with Gasteiger partial charge in [0.15, 0.2) is 5.96 Å². The van der Waals surface area contributed by atoms with E-state index >= 15 is 0 Å². The molecule has 0 heterocycles. The molecule has 70 valence electrons. The Bertz CT molecular complexity index is 331. The molecule has 3 nitrogen and oxygen atoms in total. The quantitative estimate of drug-likeness (QED) is 0.548. The van der Waals surface area contributed by atoms with Crippen LogP contribution in [0.15, 0.2) is 16.6 Å². The molecular formula is C7H6BrCl2N3. The number of guanidine groups is 1. The van der Waals surface area contributed by atoms with Gasteiger partial charge in [0.1, 0.15) is 0 Å². The highest BCUT2D eigenvalue weighted by molar-refractivity contribution is 9.10. The molecule has 1 aromatic carbocycles. The van der Waals surface area contributed by atoms with E-state index in [0.717, 1.165) is 0 Å².